The van der Waals surface area contributed by atoms with Gasteiger partial charge in [-0.1, -0.05) is 25.1 Å². The summed E-state index contributed by atoms with van der Waals surface area (Å²) in [5.74, 6) is 0.140. The minimum absolute atomic E-state index is 0.440. The fourth-order valence-corrected chi connectivity index (χ4v) is 2.68. The first-order chi connectivity index (χ1) is 11.5. The van der Waals surface area contributed by atoms with Crippen LogP contribution in [0.3, 0.4) is 0 Å². The number of hydrogen-bond acceptors (Lipinski definition) is 3. The Kier molecular flexibility index (Phi) is 6.24. The van der Waals surface area contributed by atoms with Gasteiger partial charge in [0.25, 0.3) is 0 Å². The van der Waals surface area contributed by atoms with Crippen LogP contribution in [0.5, 0.6) is 11.5 Å². The number of carbonyl (C=O) groups is 1. The maximum absolute atomic E-state index is 11.8. The van der Waals surface area contributed by atoms with E-state index in [4.69, 9.17) is 9.47 Å². The van der Waals surface area contributed by atoms with Gasteiger partial charge < -0.3 is 14.6 Å². The fraction of sp³-hybridized carbons (Fsp3) is 0.350. The van der Waals surface area contributed by atoms with Crippen LogP contribution in [0.25, 0.3) is 0 Å². The van der Waals surface area contributed by atoms with Gasteiger partial charge in [-0.15, -0.1) is 0 Å². The Balaban J connectivity index is 2.21. The van der Waals surface area contributed by atoms with E-state index in [9.17, 15) is 9.90 Å². The molecule has 0 bridgehead atoms. The summed E-state index contributed by atoms with van der Waals surface area (Å²) in [4.78, 5) is 11.8. The summed E-state index contributed by atoms with van der Waals surface area (Å²) in [6, 6.07) is 13.1. The van der Waals surface area contributed by atoms with Crippen molar-refractivity contribution < 1.29 is 19.4 Å². The Morgan fingerprint density at radius 3 is 2.33 bits per heavy atom. The van der Waals surface area contributed by atoms with E-state index in [0.29, 0.717) is 13.0 Å². The molecule has 0 heterocycles. The standard InChI is InChI=1S/C20H24O4/c1-4-11-24-17-9-10-18(14(2)12-17)19(20(21)22)13-15-5-7-16(23-3)8-6-15/h5-10,12,19H,4,11,13H2,1-3H3,(H,21,22). The molecule has 4 nitrogen and oxygen atoms in total. The second-order valence-corrected chi connectivity index (χ2v) is 5.81. The summed E-state index contributed by atoms with van der Waals surface area (Å²) in [5, 5.41) is 9.67. The van der Waals surface area contributed by atoms with Crippen LogP contribution < -0.4 is 9.47 Å². The largest absolute Gasteiger partial charge is 0.497 e. The van der Waals surface area contributed by atoms with Crippen molar-refractivity contribution >= 4 is 5.97 Å². The van der Waals surface area contributed by atoms with Crippen LogP contribution in [0.15, 0.2) is 42.5 Å². The fourth-order valence-electron chi connectivity index (χ4n) is 2.68. The molecule has 0 amide bonds. The second-order valence-electron chi connectivity index (χ2n) is 5.81. The number of carboxylic acids is 1. The third-order valence-corrected chi connectivity index (χ3v) is 3.99. The van der Waals surface area contributed by atoms with E-state index >= 15 is 0 Å². The van der Waals surface area contributed by atoms with Gasteiger partial charge in [0.15, 0.2) is 0 Å². The molecule has 0 spiro atoms. The summed E-state index contributed by atoms with van der Waals surface area (Å²) < 4.78 is 10.8. The van der Waals surface area contributed by atoms with E-state index in [1.165, 1.54) is 0 Å². The summed E-state index contributed by atoms with van der Waals surface area (Å²) in [5.41, 5.74) is 2.72. The quantitative estimate of drug-likeness (QED) is 0.789. The lowest BCUT2D eigenvalue weighted by Gasteiger charge is -2.17. The number of aliphatic carboxylic acids is 1. The van der Waals surface area contributed by atoms with Gasteiger partial charge in [0.1, 0.15) is 11.5 Å². The van der Waals surface area contributed by atoms with Gasteiger partial charge in [-0.25, -0.2) is 0 Å². The normalized spacial score (nSPS) is 11.8. The number of rotatable bonds is 8. The van der Waals surface area contributed by atoms with E-state index in [1.807, 2.05) is 49.4 Å². The molecule has 4 heteroatoms. The lowest BCUT2D eigenvalue weighted by molar-refractivity contribution is -0.138. The Labute approximate surface area is 143 Å². The molecule has 0 aliphatic carbocycles. The topological polar surface area (TPSA) is 55.8 Å². The Hall–Kier alpha value is -2.49. The zero-order chi connectivity index (χ0) is 17.5. The zero-order valence-corrected chi connectivity index (χ0v) is 14.4. The van der Waals surface area contributed by atoms with Crippen molar-refractivity contribution in [3.05, 3.63) is 59.2 Å². The molecule has 2 aromatic rings. The van der Waals surface area contributed by atoms with Crippen molar-refractivity contribution in [3.8, 4) is 11.5 Å². The first-order valence-electron chi connectivity index (χ1n) is 8.14. The summed E-state index contributed by atoms with van der Waals surface area (Å²) >= 11 is 0. The lowest BCUT2D eigenvalue weighted by Crippen LogP contribution is -2.15. The minimum atomic E-state index is -0.823. The van der Waals surface area contributed by atoms with Crippen molar-refractivity contribution in [1.82, 2.24) is 0 Å². The molecule has 0 aromatic heterocycles. The monoisotopic (exact) mass is 328 g/mol. The van der Waals surface area contributed by atoms with Crippen molar-refractivity contribution in [2.24, 2.45) is 0 Å². The van der Waals surface area contributed by atoms with E-state index in [0.717, 1.165) is 34.6 Å². The molecular formula is C20H24O4. The molecule has 0 fully saturated rings. The molecule has 0 saturated heterocycles. The second kappa shape index (κ2) is 8.39. The lowest BCUT2D eigenvalue weighted by atomic mass is 9.89. The van der Waals surface area contributed by atoms with Crippen LogP contribution in [0, 0.1) is 6.92 Å². The summed E-state index contributed by atoms with van der Waals surface area (Å²) in [7, 11) is 1.61. The van der Waals surface area contributed by atoms with Gasteiger partial charge >= 0.3 is 5.97 Å². The molecule has 1 N–H and O–H groups in total. The third-order valence-electron chi connectivity index (χ3n) is 3.99. The van der Waals surface area contributed by atoms with E-state index < -0.39 is 11.9 Å². The highest BCUT2D eigenvalue weighted by atomic mass is 16.5. The number of ether oxygens (including phenoxy) is 2. The van der Waals surface area contributed by atoms with Crippen molar-refractivity contribution in [1.29, 1.82) is 0 Å². The highest BCUT2D eigenvalue weighted by Gasteiger charge is 2.22. The maximum Gasteiger partial charge on any atom is 0.311 e. The van der Waals surface area contributed by atoms with Crippen LogP contribution in [-0.2, 0) is 11.2 Å². The first kappa shape index (κ1) is 17.9. The van der Waals surface area contributed by atoms with Gasteiger partial charge in [0, 0.05) is 0 Å². The van der Waals surface area contributed by atoms with Crippen LogP contribution in [-0.4, -0.2) is 24.8 Å². The molecule has 1 unspecified atom stereocenters. The Morgan fingerprint density at radius 2 is 1.79 bits per heavy atom. The molecular weight excluding hydrogens is 304 g/mol. The van der Waals surface area contributed by atoms with E-state index in [-0.39, 0.29) is 0 Å². The zero-order valence-electron chi connectivity index (χ0n) is 14.4. The van der Waals surface area contributed by atoms with Gasteiger partial charge in [-0.05, 0) is 60.7 Å². The molecule has 24 heavy (non-hydrogen) atoms. The van der Waals surface area contributed by atoms with Gasteiger partial charge in [-0.3, -0.25) is 4.79 Å². The molecule has 1 atom stereocenters. The van der Waals surface area contributed by atoms with Crippen molar-refractivity contribution in [3.63, 3.8) is 0 Å². The van der Waals surface area contributed by atoms with Crippen molar-refractivity contribution in [2.75, 3.05) is 13.7 Å². The van der Waals surface area contributed by atoms with Crippen LogP contribution in [0.4, 0.5) is 0 Å². The number of carboxylic acid groups (broad SMARTS) is 1. The molecule has 2 rings (SSSR count). The molecule has 0 saturated carbocycles. The van der Waals surface area contributed by atoms with Crippen LogP contribution in [0.1, 0.15) is 36.0 Å². The number of methoxy groups -OCH3 is 1. The highest BCUT2D eigenvalue weighted by Crippen LogP contribution is 2.28. The minimum Gasteiger partial charge on any atom is -0.497 e. The van der Waals surface area contributed by atoms with E-state index in [1.54, 1.807) is 7.11 Å². The van der Waals surface area contributed by atoms with Gasteiger partial charge in [0.2, 0.25) is 0 Å². The predicted molar refractivity (Wildman–Crippen MR) is 94.0 cm³/mol. The predicted octanol–water partition coefficient (Wildman–Crippen LogP) is 4.20. The number of aryl methyl sites for hydroxylation is 1. The molecule has 0 aliphatic rings. The molecule has 2 aromatic carbocycles. The first-order valence-corrected chi connectivity index (χ1v) is 8.14. The Morgan fingerprint density at radius 1 is 1.12 bits per heavy atom. The SMILES string of the molecule is CCCOc1ccc(C(Cc2ccc(OC)cc2)C(=O)O)c(C)c1. The average Bonchev–Trinajstić information content (AvgIpc) is 2.58. The number of hydrogen-bond donors (Lipinski definition) is 1. The summed E-state index contributed by atoms with van der Waals surface area (Å²) in [6.45, 7) is 4.64. The maximum atomic E-state index is 11.8. The van der Waals surface area contributed by atoms with E-state index in [2.05, 4.69) is 6.92 Å². The Bertz CT molecular complexity index is 677. The summed E-state index contributed by atoms with van der Waals surface area (Å²) in [6.07, 6.45) is 1.38. The average molecular weight is 328 g/mol. The molecule has 128 valence electrons. The molecule has 0 radical (unpaired) electrons. The smallest absolute Gasteiger partial charge is 0.311 e. The van der Waals surface area contributed by atoms with Crippen molar-refractivity contribution in [2.45, 2.75) is 32.6 Å². The highest BCUT2D eigenvalue weighted by molar-refractivity contribution is 5.77. The third kappa shape index (κ3) is 4.51. The van der Waals surface area contributed by atoms with Gasteiger partial charge in [-0.2, -0.15) is 0 Å². The van der Waals surface area contributed by atoms with Crippen LogP contribution >= 0.6 is 0 Å². The number of benzene rings is 2. The van der Waals surface area contributed by atoms with Gasteiger partial charge in [0.05, 0.1) is 19.6 Å². The van der Waals surface area contributed by atoms with Crippen LogP contribution in [0.2, 0.25) is 0 Å². The molecule has 0 aliphatic heterocycles.